The van der Waals surface area contributed by atoms with Crippen molar-refractivity contribution in [2.24, 2.45) is 5.92 Å². The number of urea groups is 1. The van der Waals surface area contributed by atoms with Gasteiger partial charge < -0.3 is 15.1 Å². The largest absolute Gasteiger partial charge is 0.338 e. The summed E-state index contributed by atoms with van der Waals surface area (Å²) in [6.07, 6.45) is 4.69. The maximum Gasteiger partial charge on any atom is 0.321 e. The topological polar surface area (TPSA) is 52.7 Å². The Morgan fingerprint density at radius 1 is 0.966 bits per heavy atom. The van der Waals surface area contributed by atoms with Gasteiger partial charge in [-0.2, -0.15) is 0 Å². The summed E-state index contributed by atoms with van der Waals surface area (Å²) in [5.41, 5.74) is 3.47. The van der Waals surface area contributed by atoms with Crippen LogP contribution in [0.1, 0.15) is 42.9 Å². The number of para-hydroxylation sites is 1. The lowest BCUT2D eigenvalue weighted by atomic mass is 9.86. The van der Waals surface area contributed by atoms with Crippen LogP contribution in [0.3, 0.4) is 0 Å². The lowest BCUT2D eigenvalue weighted by Gasteiger charge is -2.38. The Kier molecular flexibility index (Phi) is 5.84. The van der Waals surface area contributed by atoms with Crippen molar-refractivity contribution in [3.8, 4) is 0 Å². The SMILES string of the molecule is CN(C(=O)C1CCN(C(=O)Nc2ccccc2)CC1)[C@H]1CCCc2ccccc21. The van der Waals surface area contributed by atoms with Gasteiger partial charge in [-0.25, -0.2) is 4.79 Å². The number of piperidine rings is 1. The molecule has 0 saturated carbocycles. The monoisotopic (exact) mass is 391 g/mol. The van der Waals surface area contributed by atoms with Gasteiger partial charge in [0.05, 0.1) is 6.04 Å². The van der Waals surface area contributed by atoms with Crippen molar-refractivity contribution in [3.63, 3.8) is 0 Å². The molecule has 152 valence electrons. The first kappa shape index (κ1) is 19.5. The van der Waals surface area contributed by atoms with Gasteiger partial charge in [0.25, 0.3) is 0 Å². The normalized spacial score (nSPS) is 19.3. The fourth-order valence-electron chi connectivity index (χ4n) is 4.63. The summed E-state index contributed by atoms with van der Waals surface area (Å²) in [6, 6.07) is 18.1. The molecule has 29 heavy (non-hydrogen) atoms. The number of hydrogen-bond donors (Lipinski definition) is 1. The second-order valence-corrected chi connectivity index (χ2v) is 8.11. The Morgan fingerprint density at radius 3 is 2.41 bits per heavy atom. The maximum absolute atomic E-state index is 13.2. The first-order valence-corrected chi connectivity index (χ1v) is 10.6. The molecule has 2 aliphatic rings. The molecule has 1 N–H and O–H groups in total. The van der Waals surface area contributed by atoms with E-state index in [1.54, 1.807) is 0 Å². The number of nitrogens with zero attached hydrogens (tertiary/aromatic N) is 2. The fourth-order valence-corrected chi connectivity index (χ4v) is 4.63. The molecule has 0 aromatic heterocycles. The van der Waals surface area contributed by atoms with E-state index in [9.17, 15) is 9.59 Å². The Labute approximate surface area is 172 Å². The molecule has 1 saturated heterocycles. The van der Waals surface area contributed by atoms with E-state index in [0.717, 1.165) is 37.8 Å². The predicted octanol–water partition coefficient (Wildman–Crippen LogP) is 4.47. The number of hydrogen-bond acceptors (Lipinski definition) is 2. The van der Waals surface area contributed by atoms with Crippen LogP contribution in [0.25, 0.3) is 0 Å². The summed E-state index contributed by atoms with van der Waals surface area (Å²) in [5.74, 6) is 0.213. The highest BCUT2D eigenvalue weighted by molar-refractivity contribution is 5.89. The van der Waals surface area contributed by atoms with Crippen molar-refractivity contribution in [1.82, 2.24) is 9.80 Å². The highest BCUT2D eigenvalue weighted by Gasteiger charge is 2.33. The van der Waals surface area contributed by atoms with E-state index in [0.29, 0.717) is 13.1 Å². The van der Waals surface area contributed by atoms with Crippen LogP contribution in [0.15, 0.2) is 54.6 Å². The highest BCUT2D eigenvalue weighted by atomic mass is 16.2. The summed E-state index contributed by atoms with van der Waals surface area (Å²) < 4.78 is 0. The smallest absolute Gasteiger partial charge is 0.321 e. The molecule has 0 spiro atoms. The van der Waals surface area contributed by atoms with Gasteiger partial charge in [-0.3, -0.25) is 4.79 Å². The number of carbonyl (C=O) groups is 2. The molecule has 5 heteroatoms. The van der Waals surface area contributed by atoms with Gasteiger partial charge in [0.2, 0.25) is 5.91 Å². The van der Waals surface area contributed by atoms with Gasteiger partial charge in [-0.05, 0) is 55.4 Å². The van der Waals surface area contributed by atoms with Gasteiger partial charge in [0.1, 0.15) is 0 Å². The van der Waals surface area contributed by atoms with Crippen molar-refractivity contribution in [2.45, 2.75) is 38.1 Å². The van der Waals surface area contributed by atoms with Gasteiger partial charge in [0, 0.05) is 31.7 Å². The summed E-state index contributed by atoms with van der Waals surface area (Å²) in [6.45, 7) is 1.23. The van der Waals surface area contributed by atoms with Crippen molar-refractivity contribution >= 4 is 17.6 Å². The third-order valence-corrected chi connectivity index (χ3v) is 6.31. The maximum atomic E-state index is 13.2. The van der Waals surface area contributed by atoms with Crippen LogP contribution in [0.5, 0.6) is 0 Å². The Morgan fingerprint density at radius 2 is 1.66 bits per heavy atom. The van der Waals surface area contributed by atoms with Crippen LogP contribution >= 0.6 is 0 Å². The van der Waals surface area contributed by atoms with Crippen LogP contribution in [-0.2, 0) is 11.2 Å². The van der Waals surface area contributed by atoms with Crippen LogP contribution in [-0.4, -0.2) is 41.9 Å². The molecule has 1 aliphatic heterocycles. The standard InChI is InChI=1S/C24H29N3O2/c1-26(22-13-7-9-18-8-5-6-12-21(18)22)23(28)19-14-16-27(17-15-19)24(29)25-20-10-3-2-4-11-20/h2-6,8,10-12,19,22H,7,9,13-17H2,1H3,(H,25,29)/t22-/m0/s1. The molecule has 1 heterocycles. The van der Waals surface area contributed by atoms with E-state index in [2.05, 4.69) is 29.6 Å². The van der Waals surface area contributed by atoms with E-state index in [4.69, 9.17) is 0 Å². The van der Waals surface area contributed by atoms with Gasteiger partial charge >= 0.3 is 6.03 Å². The number of rotatable bonds is 3. The van der Waals surface area contributed by atoms with Gasteiger partial charge in [-0.15, -0.1) is 0 Å². The van der Waals surface area contributed by atoms with Crippen molar-refractivity contribution in [2.75, 3.05) is 25.5 Å². The van der Waals surface area contributed by atoms with Crippen molar-refractivity contribution in [1.29, 1.82) is 0 Å². The van der Waals surface area contributed by atoms with Crippen LogP contribution in [0.4, 0.5) is 10.5 Å². The molecule has 2 aromatic rings. The van der Waals surface area contributed by atoms with Crippen LogP contribution in [0.2, 0.25) is 0 Å². The molecule has 1 fully saturated rings. The summed E-state index contributed by atoms with van der Waals surface area (Å²) >= 11 is 0. The minimum atomic E-state index is -0.0864. The second-order valence-electron chi connectivity index (χ2n) is 8.11. The zero-order valence-electron chi connectivity index (χ0n) is 17.0. The van der Waals surface area contributed by atoms with Crippen LogP contribution < -0.4 is 5.32 Å². The number of nitrogens with one attached hydrogen (secondary N) is 1. The number of carbonyl (C=O) groups excluding carboxylic acids is 2. The van der Waals surface area contributed by atoms with Gasteiger partial charge in [-0.1, -0.05) is 42.5 Å². The number of likely N-dealkylation sites (tertiary alicyclic amines) is 1. The molecule has 0 unspecified atom stereocenters. The van der Waals surface area contributed by atoms with E-state index < -0.39 is 0 Å². The third-order valence-electron chi connectivity index (χ3n) is 6.31. The molecule has 1 atom stereocenters. The summed E-state index contributed by atoms with van der Waals surface area (Å²) in [7, 11) is 1.95. The Balaban J connectivity index is 1.34. The van der Waals surface area contributed by atoms with E-state index in [-0.39, 0.29) is 23.9 Å². The van der Waals surface area contributed by atoms with Crippen molar-refractivity contribution in [3.05, 3.63) is 65.7 Å². The third kappa shape index (κ3) is 4.29. The van der Waals surface area contributed by atoms with E-state index >= 15 is 0 Å². The quantitative estimate of drug-likeness (QED) is 0.839. The van der Waals surface area contributed by atoms with Crippen molar-refractivity contribution < 1.29 is 9.59 Å². The molecule has 3 amide bonds. The molecule has 0 bridgehead atoms. The zero-order valence-corrected chi connectivity index (χ0v) is 17.0. The molecule has 2 aromatic carbocycles. The molecular formula is C24H29N3O2. The number of fused-ring (bicyclic) bond motifs is 1. The molecular weight excluding hydrogens is 362 g/mol. The minimum Gasteiger partial charge on any atom is -0.338 e. The van der Waals surface area contributed by atoms with E-state index in [1.165, 1.54) is 11.1 Å². The minimum absolute atomic E-state index is 0.00476. The lowest BCUT2D eigenvalue weighted by Crippen LogP contribution is -2.45. The first-order chi connectivity index (χ1) is 14.1. The molecule has 1 aliphatic carbocycles. The fraction of sp³-hybridized carbons (Fsp3) is 0.417. The number of aryl methyl sites for hydroxylation is 1. The Hall–Kier alpha value is -2.82. The number of benzene rings is 2. The first-order valence-electron chi connectivity index (χ1n) is 10.6. The predicted molar refractivity (Wildman–Crippen MR) is 115 cm³/mol. The zero-order chi connectivity index (χ0) is 20.2. The second kappa shape index (κ2) is 8.68. The molecule has 0 radical (unpaired) electrons. The van der Waals surface area contributed by atoms with Crippen LogP contribution in [0, 0.1) is 5.92 Å². The van der Waals surface area contributed by atoms with E-state index in [1.807, 2.05) is 47.2 Å². The number of anilines is 1. The average Bonchev–Trinajstić information content (AvgIpc) is 2.78. The summed E-state index contributed by atoms with van der Waals surface area (Å²) in [5, 5.41) is 2.93. The number of amides is 3. The highest BCUT2D eigenvalue weighted by Crippen LogP contribution is 2.35. The lowest BCUT2D eigenvalue weighted by molar-refractivity contribution is -0.138. The molecule has 4 rings (SSSR count). The average molecular weight is 392 g/mol. The molecule has 5 nitrogen and oxygen atoms in total. The van der Waals surface area contributed by atoms with Gasteiger partial charge in [0.15, 0.2) is 0 Å². The summed E-state index contributed by atoms with van der Waals surface area (Å²) in [4.78, 5) is 29.4. The Bertz CT molecular complexity index is 859.